The zero-order valence-corrected chi connectivity index (χ0v) is 11.2. The van der Waals surface area contributed by atoms with Crippen molar-refractivity contribution in [2.75, 3.05) is 0 Å². The summed E-state index contributed by atoms with van der Waals surface area (Å²) in [6, 6.07) is 2.34. The molecule has 0 spiro atoms. The van der Waals surface area contributed by atoms with Crippen molar-refractivity contribution in [3.8, 4) is 0 Å². The molecule has 0 radical (unpaired) electrons. The summed E-state index contributed by atoms with van der Waals surface area (Å²) < 4.78 is 0. The lowest BCUT2D eigenvalue weighted by Crippen LogP contribution is -2.30. The van der Waals surface area contributed by atoms with Crippen molar-refractivity contribution in [1.29, 1.82) is 0 Å². The molecule has 0 aliphatic rings. The van der Waals surface area contributed by atoms with E-state index in [2.05, 4.69) is 37.2 Å². The number of rotatable bonds is 7. The fourth-order valence-electron chi connectivity index (χ4n) is 2.31. The maximum absolute atomic E-state index is 5.72. The monoisotopic (exact) mass is 235 g/mol. The normalized spacial score (nSPS) is 13.0. The van der Waals surface area contributed by atoms with Crippen LogP contribution in [-0.4, -0.2) is 4.98 Å². The molecule has 1 heterocycles. The smallest absolute Gasteiger partial charge is 0.0466 e. The largest absolute Gasteiger partial charge is 0.271 e. The Balaban J connectivity index is 2.85. The first-order valence-corrected chi connectivity index (χ1v) is 6.65. The summed E-state index contributed by atoms with van der Waals surface area (Å²) in [5, 5.41) is 0. The molecular formula is C14H25N3. The highest BCUT2D eigenvalue weighted by atomic mass is 15.2. The van der Waals surface area contributed by atoms with Crippen molar-refractivity contribution < 1.29 is 0 Å². The molecule has 0 aromatic carbocycles. The summed E-state index contributed by atoms with van der Waals surface area (Å²) >= 11 is 0. The number of hydrogen-bond acceptors (Lipinski definition) is 3. The molecule has 1 atom stereocenters. The van der Waals surface area contributed by atoms with E-state index in [0.717, 1.165) is 18.8 Å². The van der Waals surface area contributed by atoms with E-state index in [0.29, 0.717) is 0 Å². The standard InChI is InChI=1S/C14H25N3/c1-4-11(5-2)9-14(17-15)13-7-8-16-10-12(13)6-3/h7-8,10-11,14,17H,4-6,9,15H2,1-3H3. The molecule has 1 aromatic rings. The zero-order chi connectivity index (χ0) is 12.7. The fraction of sp³-hybridized carbons (Fsp3) is 0.643. The van der Waals surface area contributed by atoms with E-state index in [9.17, 15) is 0 Å². The fourth-order valence-corrected chi connectivity index (χ4v) is 2.31. The lowest BCUT2D eigenvalue weighted by molar-refractivity contribution is 0.373. The molecule has 96 valence electrons. The van der Waals surface area contributed by atoms with Crippen LogP contribution in [0.3, 0.4) is 0 Å². The third kappa shape index (κ3) is 3.79. The second kappa shape index (κ2) is 7.41. The molecule has 1 unspecified atom stereocenters. The number of hydrogen-bond donors (Lipinski definition) is 2. The maximum Gasteiger partial charge on any atom is 0.0466 e. The first-order chi connectivity index (χ1) is 8.26. The van der Waals surface area contributed by atoms with Crippen molar-refractivity contribution in [3.63, 3.8) is 0 Å². The average molecular weight is 235 g/mol. The highest BCUT2D eigenvalue weighted by Gasteiger charge is 2.17. The number of nitrogens with one attached hydrogen (secondary N) is 1. The van der Waals surface area contributed by atoms with Crippen LogP contribution in [0.4, 0.5) is 0 Å². The Bertz CT molecular complexity index is 321. The highest BCUT2D eigenvalue weighted by Crippen LogP contribution is 2.26. The molecule has 3 heteroatoms. The van der Waals surface area contributed by atoms with Gasteiger partial charge in [-0.1, -0.05) is 33.6 Å². The third-order valence-electron chi connectivity index (χ3n) is 3.62. The number of nitrogens with zero attached hydrogens (tertiary/aromatic N) is 1. The highest BCUT2D eigenvalue weighted by molar-refractivity contribution is 5.26. The first kappa shape index (κ1) is 14.1. The molecule has 1 aromatic heterocycles. The van der Waals surface area contributed by atoms with Crippen LogP contribution in [0, 0.1) is 5.92 Å². The average Bonchev–Trinajstić information content (AvgIpc) is 2.40. The topological polar surface area (TPSA) is 50.9 Å². The molecule has 0 aliphatic carbocycles. The quantitative estimate of drug-likeness (QED) is 0.564. The number of hydrazine groups is 1. The predicted molar refractivity (Wildman–Crippen MR) is 72.4 cm³/mol. The Morgan fingerprint density at radius 1 is 1.29 bits per heavy atom. The molecule has 1 rings (SSSR count). The van der Waals surface area contributed by atoms with E-state index in [4.69, 9.17) is 5.84 Å². The summed E-state index contributed by atoms with van der Waals surface area (Å²) in [5.41, 5.74) is 5.56. The molecule has 0 saturated carbocycles. The van der Waals surface area contributed by atoms with Crippen LogP contribution in [0.15, 0.2) is 18.5 Å². The van der Waals surface area contributed by atoms with Gasteiger partial charge < -0.3 is 0 Å². The first-order valence-electron chi connectivity index (χ1n) is 6.65. The van der Waals surface area contributed by atoms with Crippen LogP contribution < -0.4 is 11.3 Å². The Labute approximate surface area is 105 Å². The van der Waals surface area contributed by atoms with Crippen molar-refractivity contribution in [1.82, 2.24) is 10.4 Å². The summed E-state index contributed by atoms with van der Waals surface area (Å²) in [4.78, 5) is 4.18. The minimum atomic E-state index is 0.248. The van der Waals surface area contributed by atoms with E-state index in [-0.39, 0.29) is 6.04 Å². The Kier molecular flexibility index (Phi) is 6.16. The number of nitrogens with two attached hydrogens (primary N) is 1. The minimum absolute atomic E-state index is 0.248. The van der Waals surface area contributed by atoms with Gasteiger partial charge in [0.15, 0.2) is 0 Å². The lowest BCUT2D eigenvalue weighted by Gasteiger charge is -2.23. The Morgan fingerprint density at radius 2 is 2.00 bits per heavy atom. The minimum Gasteiger partial charge on any atom is -0.271 e. The number of aromatic nitrogens is 1. The molecule has 0 saturated heterocycles. The van der Waals surface area contributed by atoms with Gasteiger partial charge >= 0.3 is 0 Å². The van der Waals surface area contributed by atoms with Crippen LogP contribution in [-0.2, 0) is 6.42 Å². The summed E-state index contributed by atoms with van der Waals surface area (Å²) in [5.74, 6) is 6.45. The van der Waals surface area contributed by atoms with E-state index < -0.39 is 0 Å². The van der Waals surface area contributed by atoms with E-state index in [1.165, 1.54) is 24.0 Å². The van der Waals surface area contributed by atoms with Crippen LogP contribution in [0.25, 0.3) is 0 Å². The van der Waals surface area contributed by atoms with E-state index in [1.807, 2.05) is 12.4 Å². The van der Waals surface area contributed by atoms with Crippen LogP contribution in [0.2, 0.25) is 0 Å². The van der Waals surface area contributed by atoms with Gasteiger partial charge in [-0.25, -0.2) is 0 Å². The molecule has 3 nitrogen and oxygen atoms in total. The molecule has 17 heavy (non-hydrogen) atoms. The molecule has 0 bridgehead atoms. The van der Waals surface area contributed by atoms with Crippen molar-refractivity contribution in [2.45, 2.75) is 52.5 Å². The number of pyridine rings is 1. The van der Waals surface area contributed by atoms with Crippen molar-refractivity contribution in [2.24, 2.45) is 11.8 Å². The van der Waals surface area contributed by atoms with Gasteiger partial charge in [0.05, 0.1) is 0 Å². The van der Waals surface area contributed by atoms with Gasteiger partial charge in [-0.2, -0.15) is 0 Å². The molecule has 3 N–H and O–H groups in total. The molecule has 0 aliphatic heterocycles. The molecular weight excluding hydrogens is 210 g/mol. The maximum atomic E-state index is 5.72. The van der Waals surface area contributed by atoms with Gasteiger partial charge in [-0.3, -0.25) is 16.3 Å². The predicted octanol–water partition coefficient (Wildman–Crippen LogP) is 2.97. The van der Waals surface area contributed by atoms with Crippen LogP contribution in [0.5, 0.6) is 0 Å². The van der Waals surface area contributed by atoms with Crippen molar-refractivity contribution >= 4 is 0 Å². The Morgan fingerprint density at radius 3 is 2.53 bits per heavy atom. The summed E-state index contributed by atoms with van der Waals surface area (Å²) in [7, 11) is 0. The van der Waals surface area contributed by atoms with E-state index in [1.54, 1.807) is 0 Å². The number of aryl methyl sites for hydroxylation is 1. The lowest BCUT2D eigenvalue weighted by atomic mass is 9.89. The SMILES string of the molecule is CCc1cnccc1C(CC(CC)CC)NN. The van der Waals surface area contributed by atoms with Gasteiger partial charge in [0.1, 0.15) is 0 Å². The van der Waals surface area contributed by atoms with Gasteiger partial charge in [-0.15, -0.1) is 0 Å². The van der Waals surface area contributed by atoms with Crippen LogP contribution >= 0.6 is 0 Å². The van der Waals surface area contributed by atoms with Gasteiger partial charge in [0.25, 0.3) is 0 Å². The van der Waals surface area contributed by atoms with Crippen molar-refractivity contribution in [3.05, 3.63) is 29.6 Å². The zero-order valence-electron chi connectivity index (χ0n) is 11.2. The second-order valence-electron chi connectivity index (χ2n) is 4.57. The summed E-state index contributed by atoms with van der Waals surface area (Å²) in [6.45, 7) is 6.65. The summed E-state index contributed by atoms with van der Waals surface area (Å²) in [6.07, 6.45) is 8.32. The Hall–Kier alpha value is -0.930. The molecule has 0 amide bonds. The molecule has 0 fully saturated rings. The third-order valence-corrected chi connectivity index (χ3v) is 3.62. The second-order valence-corrected chi connectivity index (χ2v) is 4.57. The van der Waals surface area contributed by atoms with E-state index >= 15 is 0 Å². The van der Waals surface area contributed by atoms with Gasteiger partial charge in [0.2, 0.25) is 0 Å². The van der Waals surface area contributed by atoms with Crippen LogP contribution in [0.1, 0.15) is 57.2 Å². The van der Waals surface area contributed by atoms with Gasteiger partial charge in [0, 0.05) is 18.4 Å². The van der Waals surface area contributed by atoms with Gasteiger partial charge in [-0.05, 0) is 36.0 Å².